The molecule has 0 fully saturated rings. The highest BCUT2D eigenvalue weighted by molar-refractivity contribution is 6.25. The van der Waals surface area contributed by atoms with Gasteiger partial charge in [-0.25, -0.2) is 0 Å². The van der Waals surface area contributed by atoms with Crippen molar-refractivity contribution in [3.05, 3.63) is 71.7 Å². The van der Waals surface area contributed by atoms with Crippen molar-refractivity contribution in [3.63, 3.8) is 0 Å². The van der Waals surface area contributed by atoms with Gasteiger partial charge >= 0.3 is 0 Å². The number of imide groups is 1. The molecule has 0 bridgehead atoms. The predicted molar refractivity (Wildman–Crippen MR) is 117 cm³/mol. The van der Waals surface area contributed by atoms with E-state index in [1.165, 1.54) is 4.90 Å². The molecule has 0 spiro atoms. The molecule has 160 valence electrons. The molecule has 0 saturated carbocycles. The number of furan rings is 1. The van der Waals surface area contributed by atoms with Crippen molar-refractivity contribution in [2.75, 3.05) is 27.2 Å². The normalized spacial score (nSPS) is 14.4. The molecule has 3 aromatic rings. The number of likely N-dealkylation sites (N-methyl/N-ethyl adjacent to an activating group) is 1. The molecule has 2 heterocycles. The lowest BCUT2D eigenvalue weighted by atomic mass is 9.94. The van der Waals surface area contributed by atoms with Crippen molar-refractivity contribution in [2.45, 2.75) is 18.9 Å². The van der Waals surface area contributed by atoms with E-state index >= 15 is 0 Å². The second kappa shape index (κ2) is 8.73. The maximum atomic E-state index is 12.9. The van der Waals surface area contributed by atoms with Gasteiger partial charge in [0.2, 0.25) is 5.91 Å². The summed E-state index contributed by atoms with van der Waals surface area (Å²) in [4.78, 5) is 41.4. The van der Waals surface area contributed by atoms with E-state index in [9.17, 15) is 14.4 Å². The standard InChI is InChI=1S/C24H25N3O4/c1-26(2)19(20-11-6-14-31-20)15-25-21(28)12-5-13-27-23(29)17-9-3-7-16-8-4-10-18(22(16)17)24(27)30/h3-4,6-11,14,19H,5,12-13,15H2,1-2H3,(H,25,28)/t19-/m0/s1. The molecule has 0 unspecified atom stereocenters. The van der Waals surface area contributed by atoms with Gasteiger partial charge in [0.25, 0.3) is 11.8 Å². The summed E-state index contributed by atoms with van der Waals surface area (Å²) >= 11 is 0. The third-order valence-corrected chi connectivity index (χ3v) is 5.63. The van der Waals surface area contributed by atoms with Crippen LogP contribution in [-0.2, 0) is 4.79 Å². The first-order chi connectivity index (χ1) is 15.0. The average Bonchev–Trinajstić information content (AvgIpc) is 3.28. The highest BCUT2D eigenvalue weighted by Gasteiger charge is 2.32. The monoisotopic (exact) mass is 419 g/mol. The number of benzene rings is 2. The lowest BCUT2D eigenvalue weighted by molar-refractivity contribution is -0.121. The van der Waals surface area contributed by atoms with Gasteiger partial charge in [-0.15, -0.1) is 0 Å². The Morgan fingerprint density at radius 3 is 2.29 bits per heavy atom. The molecule has 4 rings (SSSR count). The summed E-state index contributed by atoms with van der Waals surface area (Å²) in [6, 6.07) is 14.6. The molecule has 3 amide bonds. The largest absolute Gasteiger partial charge is 0.468 e. The second-order valence-corrected chi connectivity index (χ2v) is 7.87. The number of rotatable bonds is 8. The molecule has 7 nitrogen and oxygen atoms in total. The topological polar surface area (TPSA) is 82.9 Å². The van der Waals surface area contributed by atoms with E-state index in [-0.39, 0.29) is 36.7 Å². The van der Waals surface area contributed by atoms with Crippen LogP contribution in [0.15, 0.2) is 59.2 Å². The van der Waals surface area contributed by atoms with E-state index in [2.05, 4.69) is 5.32 Å². The molecule has 7 heteroatoms. The molecular formula is C24H25N3O4. The van der Waals surface area contributed by atoms with Crippen molar-refractivity contribution in [3.8, 4) is 0 Å². The highest BCUT2D eigenvalue weighted by Crippen LogP contribution is 2.30. The lowest BCUT2D eigenvalue weighted by Crippen LogP contribution is -2.41. The van der Waals surface area contributed by atoms with Crippen molar-refractivity contribution < 1.29 is 18.8 Å². The Balaban J connectivity index is 1.35. The van der Waals surface area contributed by atoms with Crippen LogP contribution in [-0.4, -0.2) is 54.7 Å². The molecule has 1 aliphatic rings. The van der Waals surface area contributed by atoms with E-state index in [1.54, 1.807) is 18.4 Å². The summed E-state index contributed by atoms with van der Waals surface area (Å²) in [5, 5.41) is 4.50. The summed E-state index contributed by atoms with van der Waals surface area (Å²) in [5.41, 5.74) is 1.06. The van der Waals surface area contributed by atoms with Crippen molar-refractivity contribution in [2.24, 2.45) is 0 Å². The van der Waals surface area contributed by atoms with Crippen molar-refractivity contribution in [1.29, 1.82) is 0 Å². The molecule has 0 radical (unpaired) electrons. The summed E-state index contributed by atoms with van der Waals surface area (Å²) in [7, 11) is 3.84. The predicted octanol–water partition coefficient (Wildman–Crippen LogP) is 3.23. The molecule has 1 atom stereocenters. The molecule has 1 N–H and O–H groups in total. The van der Waals surface area contributed by atoms with Gasteiger partial charge in [-0.2, -0.15) is 0 Å². The summed E-state index contributed by atoms with van der Waals surface area (Å²) in [5.74, 6) is 0.0425. The van der Waals surface area contributed by atoms with Crippen LogP contribution >= 0.6 is 0 Å². The first-order valence-electron chi connectivity index (χ1n) is 10.3. The zero-order chi connectivity index (χ0) is 22.0. The fourth-order valence-electron chi connectivity index (χ4n) is 4.00. The number of carbonyl (C=O) groups excluding carboxylic acids is 3. The maximum absolute atomic E-state index is 12.9. The minimum atomic E-state index is -0.305. The highest BCUT2D eigenvalue weighted by atomic mass is 16.3. The Morgan fingerprint density at radius 2 is 1.71 bits per heavy atom. The fourth-order valence-corrected chi connectivity index (χ4v) is 4.00. The SMILES string of the molecule is CN(C)[C@@H](CNC(=O)CCCN1C(=O)c2cccc3cccc(c23)C1=O)c1ccco1. The number of hydrogen-bond donors (Lipinski definition) is 1. The Hall–Kier alpha value is -3.45. The van der Waals surface area contributed by atoms with Gasteiger partial charge in [0.15, 0.2) is 0 Å². The zero-order valence-electron chi connectivity index (χ0n) is 17.6. The maximum Gasteiger partial charge on any atom is 0.261 e. The van der Waals surface area contributed by atoms with E-state index in [0.29, 0.717) is 29.5 Å². The number of carbonyl (C=O) groups is 3. The van der Waals surface area contributed by atoms with Gasteiger partial charge in [-0.3, -0.25) is 24.2 Å². The quantitative estimate of drug-likeness (QED) is 0.567. The summed E-state index contributed by atoms with van der Waals surface area (Å²) in [6.45, 7) is 0.612. The van der Waals surface area contributed by atoms with Gasteiger partial charge in [0, 0.05) is 36.0 Å². The third kappa shape index (κ3) is 4.09. The van der Waals surface area contributed by atoms with Crippen LogP contribution < -0.4 is 5.32 Å². The molecule has 1 aromatic heterocycles. The molecule has 1 aliphatic heterocycles. The van der Waals surface area contributed by atoms with Gasteiger partial charge in [-0.1, -0.05) is 24.3 Å². The van der Waals surface area contributed by atoms with E-state index in [1.807, 2.05) is 55.4 Å². The second-order valence-electron chi connectivity index (χ2n) is 7.87. The molecule has 0 saturated heterocycles. The lowest BCUT2D eigenvalue weighted by Gasteiger charge is -2.27. The van der Waals surface area contributed by atoms with Crippen LogP contribution in [0.4, 0.5) is 0 Å². The Bertz CT molecular complexity index is 1070. The Labute approximate surface area is 180 Å². The zero-order valence-corrected chi connectivity index (χ0v) is 17.6. The first kappa shape index (κ1) is 20.8. The molecule has 31 heavy (non-hydrogen) atoms. The van der Waals surface area contributed by atoms with Gasteiger partial charge in [-0.05, 0) is 50.2 Å². The van der Waals surface area contributed by atoms with Crippen LogP contribution in [0.3, 0.4) is 0 Å². The minimum Gasteiger partial charge on any atom is -0.468 e. The minimum absolute atomic E-state index is 0.0683. The number of hydrogen-bond acceptors (Lipinski definition) is 5. The first-order valence-corrected chi connectivity index (χ1v) is 10.3. The fraction of sp³-hybridized carbons (Fsp3) is 0.292. The average molecular weight is 419 g/mol. The summed E-state index contributed by atoms with van der Waals surface area (Å²) in [6.07, 6.45) is 2.23. The molecule has 0 aliphatic carbocycles. The Kier molecular flexibility index (Phi) is 5.86. The summed E-state index contributed by atoms with van der Waals surface area (Å²) < 4.78 is 5.45. The molecular weight excluding hydrogens is 394 g/mol. The van der Waals surface area contributed by atoms with Gasteiger partial charge < -0.3 is 9.73 Å². The van der Waals surface area contributed by atoms with E-state index in [0.717, 1.165) is 11.1 Å². The number of nitrogens with one attached hydrogen (secondary N) is 1. The third-order valence-electron chi connectivity index (χ3n) is 5.63. The van der Waals surface area contributed by atoms with Crippen LogP contribution in [0.25, 0.3) is 10.8 Å². The van der Waals surface area contributed by atoms with Gasteiger partial charge in [0.05, 0.1) is 12.3 Å². The van der Waals surface area contributed by atoms with Crippen LogP contribution in [0.1, 0.15) is 45.4 Å². The van der Waals surface area contributed by atoms with Crippen LogP contribution in [0, 0.1) is 0 Å². The smallest absolute Gasteiger partial charge is 0.261 e. The van der Waals surface area contributed by atoms with Crippen molar-refractivity contribution in [1.82, 2.24) is 15.1 Å². The number of amides is 3. The van der Waals surface area contributed by atoms with Gasteiger partial charge in [0.1, 0.15) is 5.76 Å². The van der Waals surface area contributed by atoms with E-state index in [4.69, 9.17) is 4.42 Å². The Morgan fingerprint density at radius 1 is 1.03 bits per heavy atom. The number of nitrogens with zero attached hydrogens (tertiary/aromatic N) is 2. The van der Waals surface area contributed by atoms with Crippen LogP contribution in [0.2, 0.25) is 0 Å². The van der Waals surface area contributed by atoms with Crippen molar-refractivity contribution >= 4 is 28.5 Å². The van der Waals surface area contributed by atoms with Crippen LogP contribution in [0.5, 0.6) is 0 Å². The van der Waals surface area contributed by atoms with E-state index < -0.39 is 0 Å². The molecule has 2 aromatic carbocycles.